The van der Waals surface area contributed by atoms with Gasteiger partial charge in [-0.2, -0.15) is 0 Å². The molecule has 1 aliphatic heterocycles. The molecule has 0 saturated carbocycles. The van der Waals surface area contributed by atoms with E-state index in [0.717, 1.165) is 5.57 Å². The summed E-state index contributed by atoms with van der Waals surface area (Å²) in [6.07, 6.45) is 1.52. The van der Waals surface area contributed by atoms with Gasteiger partial charge in [0, 0.05) is 18.5 Å². The topological polar surface area (TPSA) is 79.4 Å². The van der Waals surface area contributed by atoms with E-state index >= 15 is 0 Å². The molecule has 1 rings (SSSR count). The molecule has 0 aromatic carbocycles. The Morgan fingerprint density at radius 1 is 1.56 bits per heavy atom. The van der Waals surface area contributed by atoms with E-state index in [1.54, 1.807) is 4.90 Å². The fraction of sp³-hybridized carbons (Fsp3) is 0.636. The van der Waals surface area contributed by atoms with E-state index in [1.165, 1.54) is 6.21 Å². The molecule has 5 heteroatoms. The minimum atomic E-state index is -0.489. The van der Waals surface area contributed by atoms with Crippen LogP contribution in [0, 0.1) is 5.41 Å². The predicted octanol–water partition coefficient (Wildman–Crippen LogP) is 1.49. The molecule has 0 aromatic heterocycles. The fourth-order valence-electron chi connectivity index (χ4n) is 1.45. The molecular formula is C11H19N3O2. The number of nitrogens with two attached hydrogens (primary N) is 1. The van der Waals surface area contributed by atoms with Gasteiger partial charge in [0.05, 0.1) is 6.54 Å². The highest BCUT2D eigenvalue weighted by atomic mass is 16.6. The van der Waals surface area contributed by atoms with E-state index < -0.39 is 5.60 Å². The van der Waals surface area contributed by atoms with Gasteiger partial charge in [-0.1, -0.05) is 0 Å². The Labute approximate surface area is 95.8 Å². The van der Waals surface area contributed by atoms with Gasteiger partial charge in [0.2, 0.25) is 0 Å². The second kappa shape index (κ2) is 4.55. The maximum atomic E-state index is 11.7. The van der Waals surface area contributed by atoms with Gasteiger partial charge in [-0.3, -0.25) is 0 Å². The van der Waals surface area contributed by atoms with Gasteiger partial charge in [-0.25, -0.2) is 4.79 Å². The van der Waals surface area contributed by atoms with Crippen molar-refractivity contribution in [1.82, 2.24) is 4.90 Å². The highest BCUT2D eigenvalue weighted by Gasteiger charge is 2.25. The van der Waals surface area contributed by atoms with Crippen molar-refractivity contribution in [2.75, 3.05) is 13.1 Å². The third-order valence-corrected chi connectivity index (χ3v) is 2.25. The van der Waals surface area contributed by atoms with E-state index in [0.29, 0.717) is 25.2 Å². The summed E-state index contributed by atoms with van der Waals surface area (Å²) < 4.78 is 5.25. The number of carbonyl (C=O) groups is 1. The third-order valence-electron chi connectivity index (χ3n) is 2.25. The number of ether oxygens (including phenoxy) is 1. The van der Waals surface area contributed by atoms with Gasteiger partial charge >= 0.3 is 6.09 Å². The zero-order valence-corrected chi connectivity index (χ0v) is 10.0. The lowest BCUT2D eigenvalue weighted by molar-refractivity contribution is 0.0260. The summed E-state index contributed by atoms with van der Waals surface area (Å²) in [5.74, 6) is 0. The molecule has 1 amide bonds. The molecule has 0 unspecified atom stereocenters. The molecule has 90 valence electrons. The molecule has 5 nitrogen and oxygen atoms in total. The van der Waals surface area contributed by atoms with Gasteiger partial charge in [-0.15, -0.1) is 0 Å². The summed E-state index contributed by atoms with van der Waals surface area (Å²) in [6.45, 7) is 6.39. The Balaban J connectivity index is 2.63. The lowest BCUT2D eigenvalue weighted by atomic mass is 10.1. The van der Waals surface area contributed by atoms with Crippen LogP contribution in [0.5, 0.6) is 0 Å². The van der Waals surface area contributed by atoms with Crippen LogP contribution in [-0.2, 0) is 4.74 Å². The van der Waals surface area contributed by atoms with E-state index in [1.807, 2.05) is 20.8 Å². The first-order valence-corrected chi connectivity index (χ1v) is 5.29. The molecule has 0 spiro atoms. The van der Waals surface area contributed by atoms with Gasteiger partial charge in [0.25, 0.3) is 0 Å². The minimum Gasteiger partial charge on any atom is -0.444 e. The first-order valence-electron chi connectivity index (χ1n) is 5.29. The molecule has 1 heterocycles. The Hall–Kier alpha value is -1.52. The van der Waals surface area contributed by atoms with Crippen molar-refractivity contribution in [3.05, 3.63) is 11.3 Å². The summed E-state index contributed by atoms with van der Waals surface area (Å²) in [4.78, 5) is 13.3. The van der Waals surface area contributed by atoms with Crippen LogP contribution in [0.3, 0.4) is 0 Å². The number of carbonyl (C=O) groups excluding carboxylic acids is 1. The van der Waals surface area contributed by atoms with E-state index in [-0.39, 0.29) is 6.09 Å². The first-order chi connectivity index (χ1) is 7.33. The van der Waals surface area contributed by atoms with Crippen molar-refractivity contribution >= 4 is 12.3 Å². The van der Waals surface area contributed by atoms with Gasteiger partial charge in [0.1, 0.15) is 5.60 Å². The molecule has 16 heavy (non-hydrogen) atoms. The largest absolute Gasteiger partial charge is 0.444 e. The average Bonchev–Trinajstić information content (AvgIpc) is 2.15. The molecule has 0 radical (unpaired) electrons. The number of nitrogens with zero attached hydrogens (tertiary/aromatic N) is 1. The third kappa shape index (κ3) is 3.25. The fourth-order valence-corrected chi connectivity index (χ4v) is 1.45. The van der Waals surface area contributed by atoms with Crippen LogP contribution < -0.4 is 5.73 Å². The Bertz CT molecular complexity index is 329. The standard InChI is InChI=1S/C11H19N3O2/c1-11(2,3)16-10(15)14-5-4-8(6-12)9(13)7-14/h6,12H,4-5,7,13H2,1-3H3. The van der Waals surface area contributed by atoms with Gasteiger partial charge < -0.3 is 20.8 Å². The molecule has 0 aliphatic carbocycles. The molecule has 0 fully saturated rings. The maximum absolute atomic E-state index is 11.7. The molecule has 0 aromatic rings. The van der Waals surface area contributed by atoms with Crippen molar-refractivity contribution in [2.45, 2.75) is 32.8 Å². The lowest BCUT2D eigenvalue weighted by Crippen LogP contribution is -2.42. The first kappa shape index (κ1) is 12.5. The Morgan fingerprint density at radius 2 is 2.19 bits per heavy atom. The van der Waals surface area contributed by atoms with Crippen LogP contribution in [0.15, 0.2) is 11.3 Å². The highest BCUT2D eigenvalue weighted by Crippen LogP contribution is 2.16. The molecule has 3 N–H and O–H groups in total. The van der Waals surface area contributed by atoms with E-state index in [4.69, 9.17) is 15.9 Å². The van der Waals surface area contributed by atoms with Crippen LogP contribution in [-0.4, -0.2) is 35.9 Å². The number of nitrogens with one attached hydrogen (secondary N) is 1. The van der Waals surface area contributed by atoms with Crippen molar-refractivity contribution in [3.63, 3.8) is 0 Å². The molecular weight excluding hydrogens is 206 g/mol. The average molecular weight is 225 g/mol. The molecule has 0 bridgehead atoms. The number of hydrogen-bond donors (Lipinski definition) is 2. The minimum absolute atomic E-state index is 0.347. The summed E-state index contributed by atoms with van der Waals surface area (Å²) in [5, 5.41) is 7.15. The monoisotopic (exact) mass is 225 g/mol. The normalized spacial score (nSPS) is 17.3. The van der Waals surface area contributed by atoms with Crippen molar-refractivity contribution in [3.8, 4) is 0 Å². The second-order valence-corrected chi connectivity index (χ2v) is 4.85. The van der Waals surface area contributed by atoms with Crippen LogP contribution in [0.25, 0.3) is 0 Å². The summed E-state index contributed by atoms with van der Waals surface area (Å²) in [6, 6.07) is 0. The zero-order chi connectivity index (χ0) is 12.3. The highest BCUT2D eigenvalue weighted by molar-refractivity contribution is 5.78. The Morgan fingerprint density at radius 3 is 2.62 bits per heavy atom. The van der Waals surface area contributed by atoms with E-state index in [2.05, 4.69) is 0 Å². The molecule has 0 saturated heterocycles. The quantitative estimate of drug-likeness (QED) is 0.663. The van der Waals surface area contributed by atoms with Gasteiger partial charge in [0.15, 0.2) is 0 Å². The van der Waals surface area contributed by atoms with Gasteiger partial charge in [-0.05, 0) is 32.8 Å². The molecule has 0 atom stereocenters. The van der Waals surface area contributed by atoms with Crippen LogP contribution >= 0.6 is 0 Å². The van der Waals surface area contributed by atoms with Crippen molar-refractivity contribution in [1.29, 1.82) is 5.41 Å². The van der Waals surface area contributed by atoms with Crippen LogP contribution in [0.1, 0.15) is 27.2 Å². The summed E-state index contributed by atoms with van der Waals surface area (Å²) >= 11 is 0. The Kier molecular flexibility index (Phi) is 3.57. The number of hydrogen-bond acceptors (Lipinski definition) is 4. The van der Waals surface area contributed by atoms with Crippen molar-refractivity contribution < 1.29 is 9.53 Å². The molecule has 1 aliphatic rings. The lowest BCUT2D eigenvalue weighted by Gasteiger charge is -2.30. The van der Waals surface area contributed by atoms with Crippen LogP contribution in [0.4, 0.5) is 4.79 Å². The van der Waals surface area contributed by atoms with Crippen molar-refractivity contribution in [2.24, 2.45) is 5.73 Å². The zero-order valence-electron chi connectivity index (χ0n) is 10.0. The SMILES string of the molecule is CC(C)(C)OC(=O)N1CCC(C=N)=C(N)C1. The second-order valence-electron chi connectivity index (χ2n) is 4.85. The van der Waals surface area contributed by atoms with Crippen LogP contribution in [0.2, 0.25) is 0 Å². The number of amides is 1. The summed E-state index contributed by atoms with van der Waals surface area (Å²) in [5.41, 5.74) is 6.65. The summed E-state index contributed by atoms with van der Waals surface area (Å²) in [7, 11) is 0. The van der Waals surface area contributed by atoms with E-state index in [9.17, 15) is 4.79 Å². The maximum Gasteiger partial charge on any atom is 0.410 e. The predicted molar refractivity (Wildman–Crippen MR) is 62.4 cm³/mol. The smallest absolute Gasteiger partial charge is 0.410 e. The number of rotatable bonds is 1.